The number of rotatable bonds is 8. The molecule has 1 aromatic heterocycles. The van der Waals surface area contributed by atoms with Crippen molar-refractivity contribution in [1.82, 2.24) is 9.88 Å². The molecule has 1 atom stereocenters. The smallest absolute Gasteiger partial charge is 0.249 e. The van der Waals surface area contributed by atoms with Crippen LogP contribution in [-0.2, 0) is 22.4 Å². The predicted octanol–water partition coefficient (Wildman–Crippen LogP) is 4.42. The van der Waals surface area contributed by atoms with Crippen molar-refractivity contribution in [2.75, 3.05) is 34.0 Å². The molecule has 0 spiro atoms. The average Bonchev–Trinajstić information content (AvgIpc) is 3.19. The summed E-state index contributed by atoms with van der Waals surface area (Å²) >= 11 is 0. The van der Waals surface area contributed by atoms with Crippen LogP contribution in [0.5, 0.6) is 11.5 Å². The summed E-state index contributed by atoms with van der Waals surface area (Å²) < 4.78 is 30.3. The number of fused-ring (bicyclic) bond motifs is 2. The number of benzene rings is 2. The molecule has 170 valence electrons. The lowest BCUT2D eigenvalue weighted by Crippen LogP contribution is -2.42. The maximum Gasteiger partial charge on any atom is 0.249 e. The summed E-state index contributed by atoms with van der Waals surface area (Å²) in [5.74, 6) is 1.08. The van der Waals surface area contributed by atoms with Gasteiger partial charge in [-0.25, -0.2) is 4.39 Å². The molecule has 1 amide bonds. The summed E-state index contributed by atoms with van der Waals surface area (Å²) in [5.41, 5.74) is 4.16. The first kappa shape index (κ1) is 22.1. The first-order chi connectivity index (χ1) is 15.5. The molecular formula is C25H29FN2O4. The monoisotopic (exact) mass is 440 g/mol. The Morgan fingerprint density at radius 3 is 2.81 bits per heavy atom. The fraction of sp³-hybridized carbons (Fsp3) is 0.400. The minimum Gasteiger partial charge on any atom is -0.493 e. The summed E-state index contributed by atoms with van der Waals surface area (Å²) in [6.07, 6.45) is 4.06. The number of hydrogen-bond acceptors (Lipinski definition) is 4. The second-order valence-corrected chi connectivity index (χ2v) is 7.96. The zero-order valence-electron chi connectivity index (χ0n) is 18.7. The zero-order chi connectivity index (χ0) is 22.7. The molecule has 6 nitrogen and oxygen atoms in total. The molecule has 0 aliphatic carbocycles. The Morgan fingerprint density at radius 2 is 2.06 bits per heavy atom. The van der Waals surface area contributed by atoms with Gasteiger partial charge in [-0.05, 0) is 73.2 Å². The van der Waals surface area contributed by atoms with E-state index in [-0.39, 0.29) is 24.4 Å². The number of nitrogens with one attached hydrogen (secondary N) is 1. The van der Waals surface area contributed by atoms with E-state index >= 15 is 0 Å². The Hall–Kier alpha value is -3.06. The highest BCUT2D eigenvalue weighted by molar-refractivity contribution is 5.83. The number of aromatic amines is 1. The lowest BCUT2D eigenvalue weighted by molar-refractivity contribution is -0.138. The SMILES string of the molecule is CCOc1cc2c(cc1OC)CCN(C(=O)COC)[C@H]2CCc1c[nH]c2ccc(F)cc12. The van der Waals surface area contributed by atoms with Gasteiger partial charge in [-0.2, -0.15) is 0 Å². The third-order valence-corrected chi connectivity index (χ3v) is 6.09. The maximum atomic E-state index is 13.8. The average molecular weight is 441 g/mol. The third-order valence-electron chi connectivity index (χ3n) is 6.09. The van der Waals surface area contributed by atoms with Crippen molar-refractivity contribution in [3.05, 3.63) is 59.0 Å². The van der Waals surface area contributed by atoms with E-state index < -0.39 is 0 Å². The van der Waals surface area contributed by atoms with Gasteiger partial charge >= 0.3 is 0 Å². The number of halogens is 1. The van der Waals surface area contributed by atoms with Crippen LogP contribution in [0, 0.1) is 5.82 Å². The number of carbonyl (C=O) groups is 1. The van der Waals surface area contributed by atoms with Gasteiger partial charge in [-0.15, -0.1) is 0 Å². The Labute approximate surface area is 187 Å². The second-order valence-electron chi connectivity index (χ2n) is 7.96. The van der Waals surface area contributed by atoms with E-state index in [9.17, 15) is 9.18 Å². The quantitative estimate of drug-likeness (QED) is 0.563. The van der Waals surface area contributed by atoms with Crippen LogP contribution in [0.1, 0.15) is 36.1 Å². The van der Waals surface area contributed by atoms with Gasteiger partial charge in [0.15, 0.2) is 11.5 Å². The second kappa shape index (κ2) is 9.61. The lowest BCUT2D eigenvalue weighted by Gasteiger charge is -2.38. The van der Waals surface area contributed by atoms with E-state index in [2.05, 4.69) is 4.98 Å². The van der Waals surface area contributed by atoms with E-state index in [4.69, 9.17) is 14.2 Å². The maximum absolute atomic E-state index is 13.8. The van der Waals surface area contributed by atoms with E-state index in [1.54, 1.807) is 19.2 Å². The van der Waals surface area contributed by atoms with Crippen LogP contribution in [0.15, 0.2) is 36.5 Å². The molecule has 0 saturated heterocycles. The topological polar surface area (TPSA) is 63.8 Å². The first-order valence-corrected chi connectivity index (χ1v) is 10.9. The molecule has 3 aromatic rings. The van der Waals surface area contributed by atoms with Crippen LogP contribution in [0.3, 0.4) is 0 Å². The molecule has 1 aliphatic rings. The lowest BCUT2D eigenvalue weighted by atomic mass is 9.88. The molecule has 7 heteroatoms. The van der Waals surface area contributed by atoms with Crippen molar-refractivity contribution < 1.29 is 23.4 Å². The van der Waals surface area contributed by atoms with Crippen molar-refractivity contribution in [3.8, 4) is 11.5 Å². The van der Waals surface area contributed by atoms with Gasteiger partial charge in [0.25, 0.3) is 0 Å². The fourth-order valence-corrected chi connectivity index (χ4v) is 4.60. The van der Waals surface area contributed by atoms with Crippen molar-refractivity contribution in [2.24, 2.45) is 0 Å². The van der Waals surface area contributed by atoms with Gasteiger partial charge in [0.1, 0.15) is 12.4 Å². The van der Waals surface area contributed by atoms with Crippen LogP contribution in [0.25, 0.3) is 10.9 Å². The molecular weight excluding hydrogens is 411 g/mol. The van der Waals surface area contributed by atoms with Crippen LogP contribution >= 0.6 is 0 Å². The number of aromatic nitrogens is 1. The highest BCUT2D eigenvalue weighted by Gasteiger charge is 2.32. The molecule has 0 fully saturated rings. The third kappa shape index (κ3) is 4.30. The molecule has 1 N–H and O–H groups in total. The van der Waals surface area contributed by atoms with Crippen molar-refractivity contribution in [2.45, 2.75) is 32.2 Å². The summed E-state index contributed by atoms with van der Waals surface area (Å²) in [6, 6.07) is 8.65. The van der Waals surface area contributed by atoms with Gasteiger partial charge < -0.3 is 24.1 Å². The summed E-state index contributed by atoms with van der Waals surface area (Å²) in [7, 11) is 3.17. The highest BCUT2D eigenvalue weighted by Crippen LogP contribution is 2.40. The molecule has 2 aromatic carbocycles. The van der Waals surface area contributed by atoms with Crippen LogP contribution in [0.4, 0.5) is 4.39 Å². The Bertz CT molecular complexity index is 1110. The van der Waals surface area contributed by atoms with Gasteiger partial charge in [-0.3, -0.25) is 4.79 Å². The molecule has 0 unspecified atom stereocenters. The Balaban J connectivity index is 1.69. The van der Waals surface area contributed by atoms with E-state index in [0.717, 1.165) is 34.0 Å². The molecule has 1 aliphatic heterocycles. The number of aryl methyl sites for hydroxylation is 1. The molecule has 0 saturated carbocycles. The Morgan fingerprint density at radius 1 is 1.22 bits per heavy atom. The van der Waals surface area contributed by atoms with Crippen LogP contribution in [0.2, 0.25) is 0 Å². The van der Waals surface area contributed by atoms with E-state index in [1.807, 2.05) is 30.2 Å². The van der Waals surface area contributed by atoms with Gasteiger partial charge in [0, 0.05) is 30.8 Å². The van der Waals surface area contributed by atoms with E-state index in [1.165, 1.54) is 13.2 Å². The fourth-order valence-electron chi connectivity index (χ4n) is 4.60. The highest BCUT2D eigenvalue weighted by atomic mass is 19.1. The van der Waals surface area contributed by atoms with Crippen molar-refractivity contribution in [1.29, 1.82) is 0 Å². The molecule has 4 rings (SSSR count). The minimum absolute atomic E-state index is 0.0399. The molecule has 32 heavy (non-hydrogen) atoms. The van der Waals surface area contributed by atoms with Gasteiger partial charge in [-0.1, -0.05) is 0 Å². The number of ether oxygens (including phenoxy) is 3. The number of amides is 1. The van der Waals surface area contributed by atoms with Gasteiger partial charge in [0.2, 0.25) is 5.91 Å². The number of methoxy groups -OCH3 is 2. The van der Waals surface area contributed by atoms with Crippen molar-refractivity contribution in [3.63, 3.8) is 0 Å². The predicted molar refractivity (Wildman–Crippen MR) is 121 cm³/mol. The molecule has 0 bridgehead atoms. The number of hydrogen-bond donors (Lipinski definition) is 1. The number of carbonyl (C=O) groups excluding carboxylic acids is 1. The molecule has 2 heterocycles. The van der Waals surface area contributed by atoms with Crippen LogP contribution < -0.4 is 9.47 Å². The number of H-pyrrole nitrogens is 1. The largest absolute Gasteiger partial charge is 0.493 e. The Kier molecular flexibility index (Phi) is 6.65. The summed E-state index contributed by atoms with van der Waals surface area (Å²) in [6.45, 7) is 3.10. The number of nitrogens with zero attached hydrogens (tertiary/aromatic N) is 1. The summed E-state index contributed by atoms with van der Waals surface area (Å²) in [5, 5.41) is 0.875. The first-order valence-electron chi connectivity index (χ1n) is 10.9. The van der Waals surface area contributed by atoms with Gasteiger partial charge in [0.05, 0.1) is 19.8 Å². The van der Waals surface area contributed by atoms with Crippen molar-refractivity contribution >= 4 is 16.8 Å². The summed E-state index contributed by atoms with van der Waals surface area (Å²) in [4.78, 5) is 18.0. The standard InChI is InChI=1S/C25H29FN2O4/c1-4-32-24-13-20-16(11-23(24)31-3)9-10-28(25(29)15-30-2)22(20)8-5-17-14-27-21-7-6-18(26)12-19(17)21/h6-7,11-14,22,27H,4-5,8-10,15H2,1-3H3/t22-/m0/s1. The van der Waals surface area contributed by atoms with Crippen LogP contribution in [-0.4, -0.2) is 49.8 Å². The zero-order valence-corrected chi connectivity index (χ0v) is 18.7. The van der Waals surface area contributed by atoms with E-state index in [0.29, 0.717) is 37.5 Å². The minimum atomic E-state index is -0.258. The molecule has 0 radical (unpaired) electrons. The normalized spacial score (nSPS) is 15.6.